The Morgan fingerprint density at radius 3 is 2.64 bits per heavy atom. The summed E-state index contributed by atoms with van der Waals surface area (Å²) in [5.74, 6) is -2.29. The van der Waals surface area contributed by atoms with Crippen LogP contribution in [0.4, 0.5) is 5.88 Å². The number of primary amides is 1. The summed E-state index contributed by atoms with van der Waals surface area (Å²) >= 11 is 1.07. The first kappa shape index (κ1) is 19.5. The van der Waals surface area contributed by atoms with Gasteiger partial charge < -0.3 is 19.3 Å². The van der Waals surface area contributed by atoms with Crippen molar-refractivity contribution in [1.29, 1.82) is 0 Å². The summed E-state index contributed by atoms with van der Waals surface area (Å²) in [6.07, 6.45) is 0. The van der Waals surface area contributed by atoms with Crippen molar-refractivity contribution in [1.82, 2.24) is 4.98 Å². The first-order valence-electron chi connectivity index (χ1n) is 8.29. The number of aromatic nitrogens is 1. The average Bonchev–Trinajstić information content (AvgIpc) is 3.20. The van der Waals surface area contributed by atoms with Gasteiger partial charge in [0.25, 0.3) is 11.1 Å². The Morgan fingerprint density at radius 1 is 1.21 bits per heavy atom. The van der Waals surface area contributed by atoms with Gasteiger partial charge in [-0.1, -0.05) is 23.9 Å². The predicted molar refractivity (Wildman–Crippen MR) is 101 cm³/mol. The molecule has 0 aliphatic carbocycles. The third kappa shape index (κ3) is 4.01. The van der Waals surface area contributed by atoms with Crippen molar-refractivity contribution >= 4 is 46.5 Å². The molecule has 3 rings (SSSR count). The molecule has 0 bridgehead atoms. The minimum Gasteiger partial charge on any atom is -0.462 e. The second kappa shape index (κ2) is 8.17. The number of nitrogens with one attached hydrogen (secondary N) is 1. The maximum atomic E-state index is 12.3. The molecule has 3 N–H and O–H groups in total. The molecular weight excluding hydrogens is 386 g/mol. The number of rotatable bonds is 7. The molecule has 0 saturated carbocycles. The van der Waals surface area contributed by atoms with E-state index in [4.69, 9.17) is 19.3 Å². The molecule has 0 atom stereocenters. The second-order valence-electron chi connectivity index (χ2n) is 5.61. The number of hydrogen-bond acceptors (Lipinski definition) is 8. The van der Waals surface area contributed by atoms with E-state index >= 15 is 0 Å². The molecule has 0 fully saturated rings. The zero-order valence-corrected chi connectivity index (χ0v) is 15.9. The van der Waals surface area contributed by atoms with E-state index in [1.54, 1.807) is 19.1 Å². The zero-order valence-electron chi connectivity index (χ0n) is 15.1. The van der Waals surface area contributed by atoms with Crippen molar-refractivity contribution in [3.8, 4) is 0 Å². The fraction of sp³-hybridized carbons (Fsp3) is 0.222. The number of nitrogens with two attached hydrogens (primary N) is 1. The van der Waals surface area contributed by atoms with Crippen LogP contribution in [0.1, 0.15) is 33.4 Å². The number of oxazole rings is 1. The highest BCUT2D eigenvalue weighted by atomic mass is 32.2. The van der Waals surface area contributed by atoms with E-state index < -0.39 is 17.8 Å². The van der Waals surface area contributed by atoms with Gasteiger partial charge in [0.05, 0.1) is 12.4 Å². The van der Waals surface area contributed by atoms with Gasteiger partial charge in [-0.05, 0) is 26.0 Å². The summed E-state index contributed by atoms with van der Waals surface area (Å²) in [7, 11) is 0. The summed E-state index contributed by atoms with van der Waals surface area (Å²) in [5.41, 5.74) is 6.33. The Labute approximate surface area is 163 Å². The first-order chi connectivity index (χ1) is 13.4. The van der Waals surface area contributed by atoms with Gasteiger partial charge in [-0.25, -0.2) is 9.78 Å². The van der Waals surface area contributed by atoms with Crippen molar-refractivity contribution in [2.45, 2.75) is 19.1 Å². The Balaban J connectivity index is 1.73. The lowest BCUT2D eigenvalue weighted by molar-refractivity contribution is -0.113. The number of esters is 1. The van der Waals surface area contributed by atoms with Gasteiger partial charge in [-0.2, -0.15) is 0 Å². The van der Waals surface area contributed by atoms with Gasteiger partial charge in [-0.15, -0.1) is 0 Å². The largest absolute Gasteiger partial charge is 0.462 e. The molecular formula is C18H17N3O6S. The Bertz CT molecular complexity index is 1020. The van der Waals surface area contributed by atoms with Gasteiger partial charge in [-0.3, -0.25) is 14.9 Å². The zero-order chi connectivity index (χ0) is 20.3. The van der Waals surface area contributed by atoms with Crippen LogP contribution in [0.5, 0.6) is 0 Å². The topological polar surface area (TPSA) is 138 Å². The van der Waals surface area contributed by atoms with Crippen LogP contribution in [0.3, 0.4) is 0 Å². The number of thioether (sulfide) groups is 1. The minimum atomic E-state index is -0.915. The van der Waals surface area contributed by atoms with E-state index in [-0.39, 0.29) is 35.1 Å². The van der Waals surface area contributed by atoms with E-state index in [9.17, 15) is 14.4 Å². The molecule has 9 nitrogen and oxygen atoms in total. The lowest BCUT2D eigenvalue weighted by atomic mass is 10.1. The summed E-state index contributed by atoms with van der Waals surface area (Å²) in [5, 5.41) is 2.78. The van der Waals surface area contributed by atoms with Gasteiger partial charge in [0.15, 0.2) is 5.58 Å². The number of carbonyl (C=O) groups excluding carboxylic acids is 3. The van der Waals surface area contributed by atoms with Crippen LogP contribution >= 0.6 is 11.8 Å². The van der Waals surface area contributed by atoms with E-state index in [2.05, 4.69) is 10.3 Å². The molecule has 0 radical (unpaired) electrons. The number of aryl methyl sites for hydroxylation is 1. The Kier molecular flexibility index (Phi) is 5.69. The van der Waals surface area contributed by atoms with Gasteiger partial charge in [0.2, 0.25) is 11.8 Å². The maximum Gasteiger partial charge on any atom is 0.342 e. The van der Waals surface area contributed by atoms with E-state index in [0.29, 0.717) is 16.3 Å². The molecule has 3 aromatic rings. The number of anilines is 1. The average molecular weight is 403 g/mol. The number of carbonyl (C=O) groups is 3. The molecule has 0 aliphatic heterocycles. The highest BCUT2D eigenvalue weighted by Gasteiger charge is 2.29. The lowest BCUT2D eigenvalue weighted by Gasteiger charge is -2.04. The normalized spacial score (nSPS) is 10.8. The van der Waals surface area contributed by atoms with Crippen molar-refractivity contribution in [3.63, 3.8) is 0 Å². The van der Waals surface area contributed by atoms with E-state index in [1.807, 2.05) is 12.1 Å². The van der Waals surface area contributed by atoms with Crippen LogP contribution in [0.15, 0.2) is 38.3 Å². The predicted octanol–water partition coefficient (Wildman–Crippen LogP) is 2.74. The number of fused-ring (bicyclic) bond motifs is 1. The first-order valence-corrected chi connectivity index (χ1v) is 9.27. The van der Waals surface area contributed by atoms with Gasteiger partial charge in [0, 0.05) is 0 Å². The molecule has 0 aliphatic rings. The number of hydrogen-bond donors (Lipinski definition) is 2. The quantitative estimate of drug-likeness (QED) is 0.454. The number of amides is 2. The number of nitrogens with zero attached hydrogens (tertiary/aromatic N) is 1. The van der Waals surface area contributed by atoms with E-state index in [0.717, 1.165) is 11.8 Å². The molecule has 1 aromatic carbocycles. The molecule has 2 aromatic heterocycles. The Hall–Kier alpha value is -3.27. The highest BCUT2D eigenvalue weighted by molar-refractivity contribution is 7.99. The number of furan rings is 1. The fourth-order valence-electron chi connectivity index (χ4n) is 2.52. The van der Waals surface area contributed by atoms with Gasteiger partial charge >= 0.3 is 5.97 Å². The summed E-state index contributed by atoms with van der Waals surface area (Å²) < 4.78 is 15.8. The molecule has 0 spiro atoms. The smallest absolute Gasteiger partial charge is 0.342 e. The molecule has 28 heavy (non-hydrogen) atoms. The highest BCUT2D eigenvalue weighted by Crippen LogP contribution is 2.28. The SMILES string of the molecule is CCOC(=O)c1c(C)oc(NC(=O)CSc2nc3ccccc3o2)c1C(N)=O. The van der Waals surface area contributed by atoms with Crippen molar-refractivity contribution in [2.24, 2.45) is 5.73 Å². The molecule has 0 saturated heterocycles. The summed E-state index contributed by atoms with van der Waals surface area (Å²) in [6.45, 7) is 3.22. The van der Waals surface area contributed by atoms with Crippen LogP contribution in [-0.2, 0) is 9.53 Å². The maximum absolute atomic E-state index is 12.3. The molecule has 146 valence electrons. The number of para-hydroxylation sites is 2. The van der Waals surface area contributed by atoms with Crippen LogP contribution in [-0.4, -0.2) is 35.1 Å². The third-order valence-corrected chi connectivity index (χ3v) is 4.49. The van der Waals surface area contributed by atoms with Crippen LogP contribution in [0.2, 0.25) is 0 Å². The van der Waals surface area contributed by atoms with Crippen LogP contribution < -0.4 is 11.1 Å². The lowest BCUT2D eigenvalue weighted by Crippen LogP contribution is -2.21. The van der Waals surface area contributed by atoms with E-state index in [1.165, 1.54) is 6.92 Å². The van der Waals surface area contributed by atoms with Gasteiger partial charge in [0.1, 0.15) is 22.4 Å². The summed E-state index contributed by atoms with van der Waals surface area (Å²) in [4.78, 5) is 40.4. The Morgan fingerprint density at radius 2 is 1.96 bits per heavy atom. The fourth-order valence-corrected chi connectivity index (χ4v) is 3.16. The van der Waals surface area contributed by atoms with Crippen LogP contribution in [0.25, 0.3) is 11.1 Å². The van der Waals surface area contributed by atoms with Crippen molar-refractivity contribution in [2.75, 3.05) is 17.7 Å². The monoisotopic (exact) mass is 403 g/mol. The summed E-state index contributed by atoms with van der Waals surface area (Å²) in [6, 6.07) is 7.22. The minimum absolute atomic E-state index is 0.0560. The molecule has 2 amide bonds. The number of benzene rings is 1. The van der Waals surface area contributed by atoms with Crippen molar-refractivity contribution < 1.29 is 28.0 Å². The third-order valence-electron chi connectivity index (χ3n) is 3.66. The second-order valence-corrected chi connectivity index (χ2v) is 6.53. The molecule has 10 heteroatoms. The number of ether oxygens (including phenoxy) is 1. The molecule has 2 heterocycles. The standard InChI is InChI=1S/C18H17N3O6S/c1-3-25-17(24)13-9(2)26-16(14(13)15(19)23)21-12(22)8-28-18-20-10-6-4-5-7-11(10)27-18/h4-7H,3,8H2,1-2H3,(H2,19,23)(H,21,22). The van der Waals surface area contributed by atoms with Crippen molar-refractivity contribution in [3.05, 3.63) is 41.2 Å². The van der Waals surface area contributed by atoms with Crippen LogP contribution in [0, 0.1) is 6.92 Å². The molecule has 0 unspecified atom stereocenters.